The van der Waals surface area contributed by atoms with Crippen molar-refractivity contribution in [3.05, 3.63) is 29.3 Å². The quantitative estimate of drug-likeness (QED) is 0.741. The predicted octanol–water partition coefficient (Wildman–Crippen LogP) is 1.71. The molecule has 5 heteroatoms. The Kier molecular flexibility index (Phi) is 5.78. The molecule has 0 saturated carbocycles. The Morgan fingerprint density at radius 1 is 1.11 bits per heavy atom. The average Bonchev–Trinajstić information content (AvgIpc) is 2.32. The standard InChI is InChI=1S/C13H22N2O2S/c1-11-6-7-13(10-12(11)2)18(16,17)15-9-5-3-4-8-14/h6-7,10,15H,3-5,8-9,14H2,1-2H3. The largest absolute Gasteiger partial charge is 0.330 e. The molecule has 0 atom stereocenters. The molecule has 18 heavy (non-hydrogen) atoms. The Bertz CT molecular complexity index is 484. The number of aryl methyl sites for hydroxylation is 2. The van der Waals surface area contributed by atoms with Gasteiger partial charge in [-0.3, -0.25) is 0 Å². The lowest BCUT2D eigenvalue weighted by Crippen LogP contribution is -2.25. The second-order valence-electron chi connectivity index (χ2n) is 4.49. The number of nitrogens with one attached hydrogen (secondary N) is 1. The highest BCUT2D eigenvalue weighted by molar-refractivity contribution is 7.89. The predicted molar refractivity (Wildman–Crippen MR) is 74.0 cm³/mol. The number of hydrogen-bond acceptors (Lipinski definition) is 3. The molecule has 0 radical (unpaired) electrons. The van der Waals surface area contributed by atoms with Gasteiger partial charge in [0.1, 0.15) is 0 Å². The first-order valence-corrected chi connectivity index (χ1v) is 7.72. The maximum Gasteiger partial charge on any atom is 0.240 e. The third-order valence-electron chi connectivity index (χ3n) is 2.96. The van der Waals surface area contributed by atoms with Crippen LogP contribution in [0.5, 0.6) is 0 Å². The van der Waals surface area contributed by atoms with Crippen molar-refractivity contribution in [2.24, 2.45) is 5.73 Å². The Morgan fingerprint density at radius 3 is 2.44 bits per heavy atom. The average molecular weight is 270 g/mol. The van der Waals surface area contributed by atoms with Crippen LogP contribution in [0.15, 0.2) is 23.1 Å². The number of sulfonamides is 1. The van der Waals surface area contributed by atoms with Gasteiger partial charge in [-0.1, -0.05) is 12.5 Å². The van der Waals surface area contributed by atoms with E-state index in [0.717, 1.165) is 30.4 Å². The van der Waals surface area contributed by atoms with Crippen LogP contribution >= 0.6 is 0 Å². The molecule has 0 bridgehead atoms. The highest BCUT2D eigenvalue weighted by Crippen LogP contribution is 2.14. The molecular weight excluding hydrogens is 248 g/mol. The zero-order chi connectivity index (χ0) is 13.6. The molecule has 102 valence electrons. The lowest BCUT2D eigenvalue weighted by molar-refractivity contribution is 0.575. The number of hydrogen-bond donors (Lipinski definition) is 2. The summed E-state index contributed by atoms with van der Waals surface area (Å²) in [7, 11) is -3.37. The van der Waals surface area contributed by atoms with Crippen LogP contribution in [0, 0.1) is 13.8 Å². The number of nitrogens with two attached hydrogens (primary N) is 1. The maximum atomic E-state index is 12.0. The van der Waals surface area contributed by atoms with Crippen LogP contribution in [0.4, 0.5) is 0 Å². The van der Waals surface area contributed by atoms with E-state index < -0.39 is 10.0 Å². The van der Waals surface area contributed by atoms with Crippen molar-refractivity contribution >= 4 is 10.0 Å². The van der Waals surface area contributed by atoms with Gasteiger partial charge < -0.3 is 5.73 Å². The minimum atomic E-state index is -3.37. The lowest BCUT2D eigenvalue weighted by atomic mass is 10.1. The van der Waals surface area contributed by atoms with Gasteiger partial charge >= 0.3 is 0 Å². The second kappa shape index (κ2) is 6.87. The van der Waals surface area contributed by atoms with E-state index in [2.05, 4.69) is 4.72 Å². The SMILES string of the molecule is Cc1ccc(S(=O)(=O)NCCCCCN)cc1C. The minimum Gasteiger partial charge on any atom is -0.330 e. The normalized spacial score (nSPS) is 11.7. The van der Waals surface area contributed by atoms with Crippen LogP contribution < -0.4 is 10.5 Å². The van der Waals surface area contributed by atoms with E-state index in [1.807, 2.05) is 19.9 Å². The zero-order valence-corrected chi connectivity index (χ0v) is 11.9. The Balaban J connectivity index is 2.60. The summed E-state index contributed by atoms with van der Waals surface area (Å²) in [6.45, 7) is 5.00. The first-order chi connectivity index (χ1) is 8.47. The van der Waals surface area contributed by atoms with Crippen LogP contribution in [0.2, 0.25) is 0 Å². The van der Waals surface area contributed by atoms with E-state index in [0.29, 0.717) is 18.0 Å². The molecule has 0 fully saturated rings. The van der Waals surface area contributed by atoms with Crippen molar-refractivity contribution in [3.8, 4) is 0 Å². The van der Waals surface area contributed by atoms with Crippen molar-refractivity contribution in [2.45, 2.75) is 38.0 Å². The maximum absolute atomic E-state index is 12.0. The molecule has 0 aliphatic rings. The van der Waals surface area contributed by atoms with Crippen molar-refractivity contribution in [1.29, 1.82) is 0 Å². The number of rotatable bonds is 7. The topological polar surface area (TPSA) is 72.2 Å². The molecule has 0 aromatic heterocycles. The van der Waals surface area contributed by atoms with Gasteiger partial charge in [0.2, 0.25) is 10.0 Å². The molecule has 0 unspecified atom stereocenters. The van der Waals surface area contributed by atoms with Crippen LogP contribution in [-0.2, 0) is 10.0 Å². The zero-order valence-electron chi connectivity index (χ0n) is 11.1. The smallest absolute Gasteiger partial charge is 0.240 e. The summed E-state index contributed by atoms with van der Waals surface area (Å²) in [5, 5.41) is 0. The third kappa shape index (κ3) is 4.40. The van der Waals surface area contributed by atoms with Gasteiger partial charge in [0.15, 0.2) is 0 Å². The van der Waals surface area contributed by atoms with E-state index in [-0.39, 0.29) is 0 Å². The highest BCUT2D eigenvalue weighted by Gasteiger charge is 2.13. The van der Waals surface area contributed by atoms with Crippen molar-refractivity contribution in [2.75, 3.05) is 13.1 Å². The first-order valence-electron chi connectivity index (χ1n) is 6.24. The van der Waals surface area contributed by atoms with E-state index in [1.165, 1.54) is 0 Å². The molecular formula is C13H22N2O2S. The highest BCUT2D eigenvalue weighted by atomic mass is 32.2. The monoisotopic (exact) mass is 270 g/mol. The van der Waals surface area contributed by atoms with Gasteiger partial charge in [0.05, 0.1) is 4.90 Å². The lowest BCUT2D eigenvalue weighted by Gasteiger charge is -2.08. The van der Waals surface area contributed by atoms with Crippen LogP contribution in [0.25, 0.3) is 0 Å². The molecule has 0 saturated heterocycles. The van der Waals surface area contributed by atoms with Gasteiger partial charge in [-0.15, -0.1) is 0 Å². The summed E-state index contributed by atoms with van der Waals surface area (Å²) < 4.78 is 26.6. The fourth-order valence-corrected chi connectivity index (χ4v) is 2.78. The van der Waals surface area contributed by atoms with Gasteiger partial charge in [-0.05, 0) is 56.5 Å². The third-order valence-corrected chi connectivity index (χ3v) is 4.42. The van der Waals surface area contributed by atoms with E-state index in [1.54, 1.807) is 12.1 Å². The van der Waals surface area contributed by atoms with E-state index in [9.17, 15) is 8.42 Å². The van der Waals surface area contributed by atoms with Crippen LogP contribution in [0.3, 0.4) is 0 Å². The molecule has 1 aromatic carbocycles. The summed E-state index contributed by atoms with van der Waals surface area (Å²) in [4.78, 5) is 0.337. The number of benzene rings is 1. The van der Waals surface area contributed by atoms with Crippen LogP contribution in [0.1, 0.15) is 30.4 Å². The molecule has 0 spiro atoms. The van der Waals surface area contributed by atoms with Crippen molar-refractivity contribution in [1.82, 2.24) is 4.72 Å². The molecule has 4 nitrogen and oxygen atoms in total. The fourth-order valence-electron chi connectivity index (χ4n) is 1.62. The Morgan fingerprint density at radius 2 is 1.83 bits per heavy atom. The Labute approximate surface area is 110 Å². The van der Waals surface area contributed by atoms with Gasteiger partial charge in [0, 0.05) is 6.54 Å². The molecule has 1 aromatic rings. The Hall–Kier alpha value is -0.910. The van der Waals surface area contributed by atoms with Gasteiger partial charge in [-0.25, -0.2) is 13.1 Å². The van der Waals surface area contributed by atoms with E-state index >= 15 is 0 Å². The second-order valence-corrected chi connectivity index (χ2v) is 6.26. The van der Waals surface area contributed by atoms with Gasteiger partial charge in [-0.2, -0.15) is 0 Å². The summed E-state index contributed by atoms with van der Waals surface area (Å²) >= 11 is 0. The van der Waals surface area contributed by atoms with E-state index in [4.69, 9.17) is 5.73 Å². The van der Waals surface area contributed by atoms with Crippen molar-refractivity contribution < 1.29 is 8.42 Å². The molecule has 0 amide bonds. The summed E-state index contributed by atoms with van der Waals surface area (Å²) in [6.07, 6.45) is 2.71. The fraction of sp³-hybridized carbons (Fsp3) is 0.538. The van der Waals surface area contributed by atoms with Gasteiger partial charge in [0.25, 0.3) is 0 Å². The van der Waals surface area contributed by atoms with Crippen LogP contribution in [-0.4, -0.2) is 21.5 Å². The number of unbranched alkanes of at least 4 members (excludes halogenated alkanes) is 2. The summed E-state index contributed by atoms with van der Waals surface area (Å²) in [5.41, 5.74) is 7.46. The first kappa shape index (κ1) is 15.1. The summed E-state index contributed by atoms with van der Waals surface area (Å²) in [5.74, 6) is 0. The molecule has 0 heterocycles. The molecule has 3 N–H and O–H groups in total. The molecule has 0 aliphatic carbocycles. The summed E-state index contributed by atoms with van der Waals surface area (Å²) in [6, 6.07) is 5.18. The van der Waals surface area contributed by atoms with Crippen molar-refractivity contribution in [3.63, 3.8) is 0 Å². The molecule has 0 aliphatic heterocycles. The minimum absolute atomic E-state index is 0.337. The molecule has 1 rings (SSSR count).